The van der Waals surface area contributed by atoms with E-state index in [1.54, 1.807) is 30.5 Å². The number of rotatable bonds is 5. The van der Waals surface area contributed by atoms with Crippen molar-refractivity contribution in [3.8, 4) is 0 Å². The molecule has 0 saturated carbocycles. The van der Waals surface area contributed by atoms with Crippen molar-refractivity contribution >= 4 is 22.9 Å². The van der Waals surface area contributed by atoms with Gasteiger partial charge in [0.2, 0.25) is 5.43 Å². The number of amides is 1. The molecule has 0 unspecified atom stereocenters. The molecule has 24 heavy (non-hydrogen) atoms. The van der Waals surface area contributed by atoms with Crippen molar-refractivity contribution in [2.24, 2.45) is 5.92 Å². The molecule has 0 aromatic carbocycles. The molecular formula is C17H21N3O4. The normalized spacial score (nSPS) is 12.4. The molecule has 1 atom stereocenters. The maximum Gasteiger partial charge on any atom is 0.326 e. The summed E-state index contributed by atoms with van der Waals surface area (Å²) in [7, 11) is 0. The molecule has 2 N–H and O–H groups in total. The maximum atomic E-state index is 12.6. The lowest BCUT2D eigenvalue weighted by Crippen LogP contribution is -2.45. The number of aromatic nitrogens is 2. The van der Waals surface area contributed by atoms with Crippen LogP contribution in [0.3, 0.4) is 0 Å². The number of carbonyl (C=O) groups excluding carboxylic acids is 1. The Morgan fingerprint density at radius 1 is 1.33 bits per heavy atom. The molecule has 2 heterocycles. The van der Waals surface area contributed by atoms with Gasteiger partial charge < -0.3 is 15.0 Å². The van der Waals surface area contributed by atoms with Crippen LogP contribution in [0.15, 0.2) is 23.1 Å². The van der Waals surface area contributed by atoms with Gasteiger partial charge in [0.1, 0.15) is 17.3 Å². The first-order valence-corrected chi connectivity index (χ1v) is 7.80. The highest BCUT2D eigenvalue weighted by Crippen LogP contribution is 2.11. The van der Waals surface area contributed by atoms with Gasteiger partial charge in [-0.15, -0.1) is 0 Å². The van der Waals surface area contributed by atoms with Gasteiger partial charge in [-0.2, -0.15) is 0 Å². The van der Waals surface area contributed by atoms with E-state index in [-0.39, 0.29) is 11.5 Å². The van der Waals surface area contributed by atoms with Crippen molar-refractivity contribution in [1.29, 1.82) is 0 Å². The van der Waals surface area contributed by atoms with Crippen LogP contribution in [0, 0.1) is 12.8 Å². The van der Waals surface area contributed by atoms with E-state index in [9.17, 15) is 19.5 Å². The van der Waals surface area contributed by atoms with Crippen molar-refractivity contribution in [2.45, 2.75) is 40.3 Å². The summed E-state index contributed by atoms with van der Waals surface area (Å²) < 4.78 is 1.71. The molecule has 0 spiro atoms. The third kappa shape index (κ3) is 3.29. The number of nitrogens with one attached hydrogen (secondary N) is 1. The summed E-state index contributed by atoms with van der Waals surface area (Å²) in [5, 5.41) is 12.0. The SMILES string of the molecule is CCn1cc(C(=O)N[C@H](C(=O)O)C(C)C)c(=O)c2ccc(C)nc21. The van der Waals surface area contributed by atoms with E-state index < -0.39 is 23.3 Å². The highest BCUT2D eigenvalue weighted by atomic mass is 16.4. The molecule has 0 saturated heterocycles. The second-order valence-electron chi connectivity index (χ2n) is 6.02. The van der Waals surface area contributed by atoms with Gasteiger partial charge in [-0.3, -0.25) is 9.59 Å². The zero-order valence-corrected chi connectivity index (χ0v) is 14.2. The molecule has 7 nitrogen and oxygen atoms in total. The fourth-order valence-corrected chi connectivity index (χ4v) is 2.50. The average molecular weight is 331 g/mol. The summed E-state index contributed by atoms with van der Waals surface area (Å²) in [6.45, 7) is 7.61. The van der Waals surface area contributed by atoms with Crippen LogP contribution >= 0.6 is 0 Å². The number of nitrogens with zero attached hydrogens (tertiary/aromatic N) is 2. The summed E-state index contributed by atoms with van der Waals surface area (Å²) in [4.78, 5) is 40.7. The van der Waals surface area contributed by atoms with Crippen LogP contribution in [0.1, 0.15) is 36.8 Å². The number of carboxylic acids is 1. The van der Waals surface area contributed by atoms with E-state index in [4.69, 9.17) is 0 Å². The zero-order valence-electron chi connectivity index (χ0n) is 14.2. The molecule has 2 rings (SSSR count). The fraction of sp³-hybridized carbons (Fsp3) is 0.412. The number of carbonyl (C=O) groups is 2. The molecule has 0 bridgehead atoms. The molecule has 0 fully saturated rings. The van der Waals surface area contributed by atoms with E-state index in [1.165, 1.54) is 6.20 Å². The molecule has 0 radical (unpaired) electrons. The predicted molar refractivity (Wildman–Crippen MR) is 90.1 cm³/mol. The lowest BCUT2D eigenvalue weighted by Gasteiger charge is -2.18. The summed E-state index contributed by atoms with van der Waals surface area (Å²) in [5.74, 6) is -2.12. The smallest absolute Gasteiger partial charge is 0.326 e. The topological polar surface area (TPSA) is 101 Å². The fourth-order valence-electron chi connectivity index (χ4n) is 2.50. The van der Waals surface area contributed by atoms with Crippen molar-refractivity contribution in [3.05, 3.63) is 39.8 Å². The lowest BCUT2D eigenvalue weighted by atomic mass is 10.0. The Labute approximate surface area is 139 Å². The summed E-state index contributed by atoms with van der Waals surface area (Å²) in [6.07, 6.45) is 1.44. The van der Waals surface area contributed by atoms with Crippen LogP contribution in [-0.4, -0.2) is 32.6 Å². The Morgan fingerprint density at radius 3 is 2.54 bits per heavy atom. The molecule has 0 aliphatic carbocycles. The molecule has 0 aliphatic heterocycles. The van der Waals surface area contributed by atoms with Gasteiger partial charge >= 0.3 is 5.97 Å². The Hall–Kier alpha value is -2.70. The highest BCUT2D eigenvalue weighted by molar-refractivity contribution is 5.98. The minimum absolute atomic E-state index is 0.0816. The summed E-state index contributed by atoms with van der Waals surface area (Å²) >= 11 is 0. The first-order chi connectivity index (χ1) is 11.3. The van der Waals surface area contributed by atoms with Crippen LogP contribution in [-0.2, 0) is 11.3 Å². The minimum atomic E-state index is -1.13. The van der Waals surface area contributed by atoms with E-state index in [0.29, 0.717) is 17.6 Å². The van der Waals surface area contributed by atoms with Crippen LogP contribution in [0.5, 0.6) is 0 Å². The molecule has 1 amide bonds. The van der Waals surface area contributed by atoms with E-state index in [2.05, 4.69) is 10.3 Å². The number of carboxylic acid groups (broad SMARTS) is 1. The first kappa shape index (κ1) is 17.7. The van der Waals surface area contributed by atoms with Crippen molar-refractivity contribution in [3.63, 3.8) is 0 Å². The first-order valence-electron chi connectivity index (χ1n) is 7.80. The van der Waals surface area contributed by atoms with Gasteiger partial charge in [-0.25, -0.2) is 9.78 Å². The lowest BCUT2D eigenvalue weighted by molar-refractivity contribution is -0.140. The monoisotopic (exact) mass is 331 g/mol. The second kappa shape index (κ2) is 6.82. The molecule has 0 aliphatic rings. The predicted octanol–water partition coefficient (Wildman–Crippen LogP) is 1.56. The summed E-state index contributed by atoms with van der Waals surface area (Å²) in [6, 6.07) is 2.29. The number of pyridine rings is 2. The summed E-state index contributed by atoms with van der Waals surface area (Å²) in [5.41, 5.74) is 0.749. The van der Waals surface area contributed by atoms with E-state index in [1.807, 2.05) is 13.8 Å². The molecular weight excluding hydrogens is 310 g/mol. The average Bonchev–Trinajstić information content (AvgIpc) is 2.52. The molecule has 2 aromatic heterocycles. The van der Waals surface area contributed by atoms with Crippen LogP contribution in [0.25, 0.3) is 11.0 Å². The zero-order chi connectivity index (χ0) is 18.0. The van der Waals surface area contributed by atoms with Gasteiger partial charge in [0, 0.05) is 18.4 Å². The highest BCUT2D eigenvalue weighted by Gasteiger charge is 2.25. The third-order valence-electron chi connectivity index (χ3n) is 3.87. The Kier molecular flexibility index (Phi) is 5.02. The van der Waals surface area contributed by atoms with Crippen LogP contribution in [0.2, 0.25) is 0 Å². The number of fused-ring (bicyclic) bond motifs is 1. The maximum absolute atomic E-state index is 12.6. The number of aliphatic carboxylic acids is 1. The number of hydrogen-bond donors (Lipinski definition) is 2. The van der Waals surface area contributed by atoms with Gasteiger partial charge in [-0.1, -0.05) is 13.8 Å². The third-order valence-corrected chi connectivity index (χ3v) is 3.87. The van der Waals surface area contributed by atoms with Gasteiger partial charge in [0.05, 0.1) is 5.39 Å². The quantitative estimate of drug-likeness (QED) is 0.866. The van der Waals surface area contributed by atoms with E-state index >= 15 is 0 Å². The van der Waals surface area contributed by atoms with Crippen LogP contribution in [0.4, 0.5) is 0 Å². The van der Waals surface area contributed by atoms with Gasteiger partial charge in [0.25, 0.3) is 5.91 Å². The largest absolute Gasteiger partial charge is 0.480 e. The second-order valence-corrected chi connectivity index (χ2v) is 6.02. The Bertz CT molecular complexity index is 855. The molecule has 128 valence electrons. The van der Waals surface area contributed by atoms with Crippen molar-refractivity contribution < 1.29 is 14.7 Å². The number of hydrogen-bond acceptors (Lipinski definition) is 4. The Morgan fingerprint density at radius 2 is 2.00 bits per heavy atom. The van der Waals surface area contributed by atoms with Gasteiger partial charge in [-0.05, 0) is 31.9 Å². The van der Waals surface area contributed by atoms with Crippen molar-refractivity contribution in [2.75, 3.05) is 0 Å². The Balaban J connectivity index is 2.55. The van der Waals surface area contributed by atoms with E-state index in [0.717, 1.165) is 5.69 Å². The molecule has 2 aromatic rings. The van der Waals surface area contributed by atoms with Gasteiger partial charge in [0.15, 0.2) is 0 Å². The standard InChI is InChI=1S/C17H21N3O4/c1-5-20-8-12(16(22)19-13(9(2)3)17(23)24)14(21)11-7-6-10(4)18-15(11)20/h6-9,13H,5H2,1-4H3,(H,19,22)(H,23,24)/t13-/m0/s1. The minimum Gasteiger partial charge on any atom is -0.480 e. The van der Waals surface area contributed by atoms with Crippen LogP contribution < -0.4 is 10.7 Å². The van der Waals surface area contributed by atoms with Crippen molar-refractivity contribution in [1.82, 2.24) is 14.9 Å². The molecule has 7 heteroatoms. The number of aryl methyl sites for hydroxylation is 2.